The number of rotatable bonds is 13. The molecule has 1 saturated heterocycles. The molecule has 1 aliphatic heterocycles. The lowest BCUT2D eigenvalue weighted by Gasteiger charge is -2.17. The van der Waals surface area contributed by atoms with Crippen LogP contribution in [0.1, 0.15) is 54.9 Å². The average Bonchev–Trinajstić information content (AvgIpc) is 3.34. The molecule has 3 aromatic carbocycles. The van der Waals surface area contributed by atoms with Gasteiger partial charge in [0, 0.05) is 38.2 Å². The minimum Gasteiger partial charge on any atom is -0.494 e. The van der Waals surface area contributed by atoms with Gasteiger partial charge < -0.3 is 19.7 Å². The van der Waals surface area contributed by atoms with Gasteiger partial charge in [-0.1, -0.05) is 24.3 Å². The first-order valence-corrected chi connectivity index (χ1v) is 14.1. The number of esters is 1. The molecule has 6 nitrogen and oxygen atoms in total. The van der Waals surface area contributed by atoms with Crippen LogP contribution >= 0.6 is 0 Å². The highest BCUT2D eigenvalue weighted by molar-refractivity contribution is 5.78. The van der Waals surface area contributed by atoms with Gasteiger partial charge in [0.1, 0.15) is 11.6 Å². The second-order valence-corrected chi connectivity index (χ2v) is 10.3. The highest BCUT2D eigenvalue weighted by Gasteiger charge is 2.19. The van der Waals surface area contributed by atoms with Crippen molar-refractivity contribution in [3.63, 3.8) is 0 Å². The number of aryl methyl sites for hydroxylation is 3. The number of carbonyl (C=O) groups is 2. The van der Waals surface area contributed by atoms with Crippen LogP contribution in [0.5, 0.6) is 5.75 Å². The molecule has 0 atom stereocenters. The summed E-state index contributed by atoms with van der Waals surface area (Å²) in [6.45, 7) is 9.01. The number of nitrogens with one attached hydrogen (secondary N) is 1. The zero-order chi connectivity index (χ0) is 28.5. The summed E-state index contributed by atoms with van der Waals surface area (Å²) in [4.78, 5) is 25.3. The number of hydrogen-bond donors (Lipinski definition) is 1. The van der Waals surface area contributed by atoms with Crippen LogP contribution in [0, 0.1) is 19.7 Å². The molecule has 4 rings (SSSR count). The predicted octanol–water partition coefficient (Wildman–Crippen LogP) is 6.61. The molecule has 212 valence electrons. The Kier molecular flexibility index (Phi) is 10.2. The second-order valence-electron chi connectivity index (χ2n) is 10.3. The van der Waals surface area contributed by atoms with E-state index in [4.69, 9.17) is 9.47 Å². The Morgan fingerprint density at radius 2 is 1.88 bits per heavy atom. The molecule has 0 bridgehead atoms. The quantitative estimate of drug-likeness (QED) is 0.193. The normalized spacial score (nSPS) is 13.0. The highest BCUT2D eigenvalue weighted by Crippen LogP contribution is 2.32. The third-order valence-electron chi connectivity index (χ3n) is 7.19. The Morgan fingerprint density at radius 1 is 1.07 bits per heavy atom. The number of halogens is 1. The SMILES string of the molecule is CCOC(=O)CCc1ccc(NCc2cccc(-c3c(C)cc(OCCCN4CCCC4=O)cc3C)c2)cc1F. The first-order chi connectivity index (χ1) is 19.3. The molecule has 1 N–H and O–H groups in total. The van der Waals surface area contributed by atoms with Crippen molar-refractivity contribution in [3.05, 3.63) is 82.7 Å². The van der Waals surface area contributed by atoms with E-state index in [-0.39, 0.29) is 24.1 Å². The van der Waals surface area contributed by atoms with Gasteiger partial charge in [-0.15, -0.1) is 0 Å². The van der Waals surface area contributed by atoms with E-state index in [2.05, 4.69) is 43.4 Å². The molecule has 0 unspecified atom stereocenters. The maximum absolute atomic E-state index is 14.6. The van der Waals surface area contributed by atoms with Crippen molar-refractivity contribution < 1.29 is 23.5 Å². The summed E-state index contributed by atoms with van der Waals surface area (Å²) in [5.74, 6) is 0.447. The Bertz CT molecular complexity index is 1320. The summed E-state index contributed by atoms with van der Waals surface area (Å²) in [6, 6.07) is 17.5. The van der Waals surface area contributed by atoms with Gasteiger partial charge in [-0.05, 0) is 104 Å². The van der Waals surface area contributed by atoms with Crippen molar-refractivity contribution >= 4 is 17.6 Å². The summed E-state index contributed by atoms with van der Waals surface area (Å²) >= 11 is 0. The molecule has 0 radical (unpaired) electrons. The van der Waals surface area contributed by atoms with E-state index in [0.29, 0.717) is 43.9 Å². The topological polar surface area (TPSA) is 67.9 Å². The number of hydrogen-bond acceptors (Lipinski definition) is 5. The van der Waals surface area contributed by atoms with Gasteiger partial charge in [0.15, 0.2) is 0 Å². The van der Waals surface area contributed by atoms with E-state index in [0.717, 1.165) is 53.9 Å². The Morgan fingerprint density at radius 3 is 2.58 bits per heavy atom. The van der Waals surface area contributed by atoms with Crippen molar-refractivity contribution in [1.82, 2.24) is 4.90 Å². The molecular weight excluding hydrogens is 507 g/mol. The van der Waals surface area contributed by atoms with E-state index in [1.807, 2.05) is 23.1 Å². The van der Waals surface area contributed by atoms with Crippen LogP contribution in [0.4, 0.5) is 10.1 Å². The van der Waals surface area contributed by atoms with Gasteiger partial charge in [-0.3, -0.25) is 9.59 Å². The smallest absolute Gasteiger partial charge is 0.306 e. The van der Waals surface area contributed by atoms with E-state index >= 15 is 0 Å². The molecule has 0 aromatic heterocycles. The predicted molar refractivity (Wildman–Crippen MR) is 156 cm³/mol. The third-order valence-corrected chi connectivity index (χ3v) is 7.19. The fourth-order valence-electron chi connectivity index (χ4n) is 5.22. The van der Waals surface area contributed by atoms with E-state index in [1.54, 1.807) is 13.0 Å². The first-order valence-electron chi connectivity index (χ1n) is 14.1. The van der Waals surface area contributed by atoms with Crippen LogP contribution < -0.4 is 10.1 Å². The largest absolute Gasteiger partial charge is 0.494 e. The van der Waals surface area contributed by atoms with Crippen LogP contribution in [0.3, 0.4) is 0 Å². The van der Waals surface area contributed by atoms with Crippen molar-refractivity contribution in [2.24, 2.45) is 0 Å². The van der Waals surface area contributed by atoms with Crippen molar-refractivity contribution in [1.29, 1.82) is 0 Å². The molecule has 0 aliphatic carbocycles. The number of anilines is 1. The molecular formula is C33H39FN2O4. The monoisotopic (exact) mass is 546 g/mol. The zero-order valence-electron chi connectivity index (χ0n) is 23.7. The molecule has 1 fully saturated rings. The minimum atomic E-state index is -0.332. The second kappa shape index (κ2) is 14.0. The van der Waals surface area contributed by atoms with Crippen molar-refractivity contribution in [3.8, 4) is 16.9 Å². The number of nitrogens with zero attached hydrogens (tertiary/aromatic N) is 1. The molecule has 1 amide bonds. The standard InChI is InChI=1S/C33H39FN2O4/c1-4-39-32(38)14-12-26-11-13-28(21-30(26)34)35-22-25-8-5-9-27(20-25)33-23(2)18-29(19-24(33)3)40-17-7-16-36-15-6-10-31(36)37/h5,8-9,11,13,18-21,35H,4,6-7,10,12,14-17,22H2,1-3H3. The Balaban J connectivity index is 1.34. The molecule has 0 spiro atoms. The van der Waals surface area contributed by atoms with Crippen LogP contribution in [0.25, 0.3) is 11.1 Å². The first kappa shape index (κ1) is 29.1. The van der Waals surface area contributed by atoms with Crippen molar-refractivity contribution in [2.45, 2.75) is 59.4 Å². The van der Waals surface area contributed by atoms with Crippen LogP contribution in [-0.2, 0) is 27.3 Å². The molecule has 7 heteroatoms. The Hall–Kier alpha value is -3.87. The summed E-state index contributed by atoms with van der Waals surface area (Å²) < 4.78 is 25.5. The van der Waals surface area contributed by atoms with Crippen LogP contribution in [0.15, 0.2) is 54.6 Å². The van der Waals surface area contributed by atoms with Gasteiger partial charge in [0.25, 0.3) is 0 Å². The summed E-state index contributed by atoms with van der Waals surface area (Å²) in [6.07, 6.45) is 2.93. The van der Waals surface area contributed by atoms with Crippen LogP contribution in [-0.4, -0.2) is 43.1 Å². The van der Waals surface area contributed by atoms with Crippen molar-refractivity contribution in [2.75, 3.05) is 31.6 Å². The zero-order valence-corrected chi connectivity index (χ0v) is 23.7. The fraction of sp³-hybridized carbons (Fsp3) is 0.394. The summed E-state index contributed by atoms with van der Waals surface area (Å²) in [5.41, 5.74) is 6.83. The van der Waals surface area contributed by atoms with E-state index < -0.39 is 0 Å². The van der Waals surface area contributed by atoms with Crippen LogP contribution in [0.2, 0.25) is 0 Å². The molecule has 1 aliphatic rings. The average molecular weight is 547 g/mol. The number of likely N-dealkylation sites (tertiary alicyclic amines) is 1. The highest BCUT2D eigenvalue weighted by atomic mass is 19.1. The maximum atomic E-state index is 14.6. The van der Waals surface area contributed by atoms with Gasteiger partial charge in [-0.2, -0.15) is 0 Å². The van der Waals surface area contributed by atoms with Gasteiger partial charge in [0.05, 0.1) is 13.2 Å². The Labute approximate surface area is 236 Å². The minimum absolute atomic E-state index is 0.164. The summed E-state index contributed by atoms with van der Waals surface area (Å²) in [7, 11) is 0. The summed E-state index contributed by atoms with van der Waals surface area (Å²) in [5, 5.41) is 3.31. The maximum Gasteiger partial charge on any atom is 0.306 e. The van der Waals surface area contributed by atoms with E-state index in [9.17, 15) is 14.0 Å². The van der Waals surface area contributed by atoms with Gasteiger partial charge in [-0.25, -0.2) is 4.39 Å². The lowest BCUT2D eigenvalue weighted by atomic mass is 9.94. The third kappa shape index (κ3) is 7.84. The number of carbonyl (C=O) groups excluding carboxylic acids is 2. The molecule has 40 heavy (non-hydrogen) atoms. The lowest BCUT2D eigenvalue weighted by Crippen LogP contribution is -2.26. The number of benzene rings is 3. The molecule has 3 aromatic rings. The van der Waals surface area contributed by atoms with Gasteiger partial charge >= 0.3 is 5.97 Å². The number of ether oxygens (including phenoxy) is 2. The van der Waals surface area contributed by atoms with Gasteiger partial charge in [0.2, 0.25) is 5.91 Å². The molecule has 0 saturated carbocycles. The molecule has 1 heterocycles. The van der Waals surface area contributed by atoms with E-state index in [1.165, 1.54) is 11.6 Å². The fourth-order valence-corrected chi connectivity index (χ4v) is 5.22. The lowest BCUT2D eigenvalue weighted by molar-refractivity contribution is -0.143. The number of amides is 1.